The summed E-state index contributed by atoms with van der Waals surface area (Å²) in [6, 6.07) is 0. The Morgan fingerprint density at radius 1 is 1.47 bits per heavy atom. The van der Waals surface area contributed by atoms with Crippen LogP contribution >= 0.6 is 0 Å². The summed E-state index contributed by atoms with van der Waals surface area (Å²) in [7, 11) is 1.76. The van der Waals surface area contributed by atoms with Crippen LogP contribution in [0.4, 0.5) is 0 Å². The van der Waals surface area contributed by atoms with Crippen LogP contribution in [0, 0.1) is 0 Å². The molecule has 4 heteroatoms. The molecule has 0 spiro atoms. The number of nitrogens with zero attached hydrogens (tertiary/aromatic N) is 1. The largest absolute Gasteiger partial charge is 0.380 e. The van der Waals surface area contributed by atoms with Crippen LogP contribution in [0.1, 0.15) is 19.3 Å². The molecule has 2 atom stereocenters. The fourth-order valence-electron chi connectivity index (χ4n) is 2.61. The molecule has 2 rings (SSSR count). The smallest absolute Gasteiger partial charge is 0.0707 e. The number of methoxy groups -OCH3 is 1. The predicted molar refractivity (Wildman–Crippen MR) is 68.0 cm³/mol. The van der Waals surface area contributed by atoms with Crippen LogP contribution in [-0.2, 0) is 9.47 Å². The molecular formula is C13H24N2O2. The molecular weight excluding hydrogens is 216 g/mol. The van der Waals surface area contributed by atoms with Crippen LogP contribution in [0.3, 0.4) is 0 Å². The molecule has 2 N–H and O–H groups in total. The molecule has 0 aromatic carbocycles. The molecule has 17 heavy (non-hydrogen) atoms. The van der Waals surface area contributed by atoms with E-state index in [9.17, 15) is 0 Å². The molecule has 0 aliphatic carbocycles. The highest BCUT2D eigenvalue weighted by molar-refractivity contribution is 5.07. The van der Waals surface area contributed by atoms with E-state index < -0.39 is 0 Å². The Hall–Kier alpha value is -0.420. The minimum atomic E-state index is 0.296. The molecule has 2 aliphatic rings. The van der Waals surface area contributed by atoms with E-state index in [0.29, 0.717) is 18.8 Å². The third-order valence-electron chi connectivity index (χ3n) is 3.64. The SMILES string of the molecule is COCC1=CCN(CC2CCC(CN)O2)CC1. The van der Waals surface area contributed by atoms with Crippen molar-refractivity contribution in [1.29, 1.82) is 0 Å². The fraction of sp³-hybridized carbons (Fsp3) is 0.846. The van der Waals surface area contributed by atoms with Crippen molar-refractivity contribution in [3.63, 3.8) is 0 Å². The summed E-state index contributed by atoms with van der Waals surface area (Å²) < 4.78 is 11.0. The second-order valence-electron chi connectivity index (χ2n) is 5.00. The number of rotatable bonds is 5. The highest BCUT2D eigenvalue weighted by atomic mass is 16.5. The number of hydrogen-bond acceptors (Lipinski definition) is 4. The first-order valence-electron chi connectivity index (χ1n) is 6.56. The van der Waals surface area contributed by atoms with E-state index in [4.69, 9.17) is 15.2 Å². The first-order valence-corrected chi connectivity index (χ1v) is 6.56. The summed E-state index contributed by atoms with van der Waals surface area (Å²) in [6.07, 6.45) is 6.39. The van der Waals surface area contributed by atoms with Gasteiger partial charge in [-0.25, -0.2) is 0 Å². The van der Waals surface area contributed by atoms with Crippen molar-refractivity contribution < 1.29 is 9.47 Å². The Balaban J connectivity index is 1.71. The lowest BCUT2D eigenvalue weighted by molar-refractivity contribution is 0.0283. The van der Waals surface area contributed by atoms with Crippen molar-refractivity contribution in [3.8, 4) is 0 Å². The van der Waals surface area contributed by atoms with Crippen LogP contribution in [0.2, 0.25) is 0 Å². The molecule has 1 saturated heterocycles. The zero-order valence-electron chi connectivity index (χ0n) is 10.7. The molecule has 0 saturated carbocycles. The predicted octanol–water partition coefficient (Wildman–Crippen LogP) is 0.771. The van der Waals surface area contributed by atoms with Gasteiger partial charge in [0, 0.05) is 33.3 Å². The maximum absolute atomic E-state index is 5.88. The van der Waals surface area contributed by atoms with E-state index in [1.807, 2.05) is 0 Å². The van der Waals surface area contributed by atoms with Gasteiger partial charge in [-0.3, -0.25) is 4.90 Å². The summed E-state index contributed by atoms with van der Waals surface area (Å²) in [5.74, 6) is 0. The molecule has 0 aromatic rings. The van der Waals surface area contributed by atoms with Gasteiger partial charge in [-0.2, -0.15) is 0 Å². The third-order valence-corrected chi connectivity index (χ3v) is 3.64. The van der Waals surface area contributed by atoms with Gasteiger partial charge >= 0.3 is 0 Å². The Kier molecular flexibility index (Phi) is 4.98. The van der Waals surface area contributed by atoms with Crippen LogP contribution in [0.25, 0.3) is 0 Å². The monoisotopic (exact) mass is 240 g/mol. The Morgan fingerprint density at radius 3 is 2.88 bits per heavy atom. The maximum Gasteiger partial charge on any atom is 0.0707 e. The van der Waals surface area contributed by atoms with Crippen molar-refractivity contribution in [1.82, 2.24) is 4.90 Å². The lowest BCUT2D eigenvalue weighted by Crippen LogP contribution is -2.36. The zero-order valence-corrected chi connectivity index (χ0v) is 10.7. The molecule has 0 aromatic heterocycles. The Labute approximate surface area is 104 Å². The summed E-state index contributed by atoms with van der Waals surface area (Å²) in [5.41, 5.74) is 7.05. The lowest BCUT2D eigenvalue weighted by Gasteiger charge is -2.28. The van der Waals surface area contributed by atoms with E-state index in [1.54, 1.807) is 7.11 Å². The number of nitrogens with two attached hydrogens (primary N) is 1. The molecule has 98 valence electrons. The van der Waals surface area contributed by atoms with E-state index >= 15 is 0 Å². The van der Waals surface area contributed by atoms with E-state index in [-0.39, 0.29) is 0 Å². The van der Waals surface area contributed by atoms with Gasteiger partial charge in [-0.1, -0.05) is 6.08 Å². The van der Waals surface area contributed by atoms with Gasteiger partial charge in [0.2, 0.25) is 0 Å². The average molecular weight is 240 g/mol. The first kappa shape index (κ1) is 13.0. The summed E-state index contributed by atoms with van der Waals surface area (Å²) >= 11 is 0. The average Bonchev–Trinajstić information content (AvgIpc) is 2.80. The third kappa shape index (κ3) is 3.78. The summed E-state index contributed by atoms with van der Waals surface area (Å²) in [6.45, 7) is 4.65. The molecule has 1 fully saturated rings. The van der Waals surface area contributed by atoms with Crippen LogP contribution in [0.15, 0.2) is 11.6 Å². The maximum atomic E-state index is 5.88. The van der Waals surface area contributed by atoms with Crippen molar-refractivity contribution in [2.75, 3.05) is 39.9 Å². The molecule has 2 heterocycles. The topological polar surface area (TPSA) is 47.7 Å². The van der Waals surface area contributed by atoms with Gasteiger partial charge in [0.25, 0.3) is 0 Å². The molecule has 4 nitrogen and oxygen atoms in total. The van der Waals surface area contributed by atoms with E-state index in [0.717, 1.165) is 45.5 Å². The minimum Gasteiger partial charge on any atom is -0.380 e. The zero-order chi connectivity index (χ0) is 12.1. The minimum absolute atomic E-state index is 0.296. The van der Waals surface area contributed by atoms with E-state index in [2.05, 4.69) is 11.0 Å². The molecule has 2 aliphatic heterocycles. The van der Waals surface area contributed by atoms with Crippen molar-refractivity contribution in [2.24, 2.45) is 5.73 Å². The Morgan fingerprint density at radius 2 is 2.29 bits per heavy atom. The normalized spacial score (nSPS) is 30.6. The first-order chi connectivity index (χ1) is 8.31. The quantitative estimate of drug-likeness (QED) is 0.721. The van der Waals surface area contributed by atoms with E-state index in [1.165, 1.54) is 5.57 Å². The van der Waals surface area contributed by atoms with Crippen molar-refractivity contribution in [2.45, 2.75) is 31.5 Å². The highest BCUT2D eigenvalue weighted by Gasteiger charge is 2.26. The lowest BCUT2D eigenvalue weighted by atomic mass is 10.1. The molecule has 0 radical (unpaired) electrons. The fourth-order valence-corrected chi connectivity index (χ4v) is 2.61. The molecule has 2 unspecified atom stereocenters. The van der Waals surface area contributed by atoms with Gasteiger partial charge in [0.15, 0.2) is 0 Å². The summed E-state index contributed by atoms with van der Waals surface area (Å²) in [4.78, 5) is 2.46. The number of hydrogen-bond donors (Lipinski definition) is 1. The van der Waals surface area contributed by atoms with Crippen LogP contribution in [-0.4, -0.2) is 57.0 Å². The van der Waals surface area contributed by atoms with Crippen LogP contribution < -0.4 is 5.73 Å². The highest BCUT2D eigenvalue weighted by Crippen LogP contribution is 2.21. The van der Waals surface area contributed by atoms with Gasteiger partial charge in [0.05, 0.1) is 18.8 Å². The molecule has 0 bridgehead atoms. The molecule has 0 amide bonds. The van der Waals surface area contributed by atoms with Gasteiger partial charge < -0.3 is 15.2 Å². The van der Waals surface area contributed by atoms with Crippen molar-refractivity contribution >= 4 is 0 Å². The summed E-state index contributed by atoms with van der Waals surface area (Å²) in [5, 5.41) is 0. The van der Waals surface area contributed by atoms with Gasteiger partial charge in [-0.15, -0.1) is 0 Å². The second-order valence-corrected chi connectivity index (χ2v) is 5.00. The Bertz CT molecular complexity index is 268. The standard InChI is InChI=1S/C13H24N2O2/c1-16-10-11-4-6-15(7-5-11)9-13-3-2-12(8-14)17-13/h4,12-13H,2-3,5-10,14H2,1H3. The van der Waals surface area contributed by atoms with Gasteiger partial charge in [0.1, 0.15) is 0 Å². The van der Waals surface area contributed by atoms with Crippen molar-refractivity contribution in [3.05, 3.63) is 11.6 Å². The number of ether oxygens (including phenoxy) is 2. The second kappa shape index (κ2) is 6.50. The van der Waals surface area contributed by atoms with Gasteiger partial charge in [-0.05, 0) is 24.8 Å². The van der Waals surface area contributed by atoms with Crippen LogP contribution in [0.5, 0.6) is 0 Å².